The van der Waals surface area contributed by atoms with E-state index in [2.05, 4.69) is 4.98 Å². The van der Waals surface area contributed by atoms with Crippen molar-refractivity contribution >= 4 is 22.9 Å². The van der Waals surface area contributed by atoms with Crippen molar-refractivity contribution in [2.45, 2.75) is 51.1 Å². The number of carboxylic acids is 1. The van der Waals surface area contributed by atoms with Crippen LogP contribution in [0.15, 0.2) is 23.0 Å². The van der Waals surface area contributed by atoms with Crippen LogP contribution in [-0.4, -0.2) is 44.0 Å². The predicted molar refractivity (Wildman–Crippen MR) is 96.3 cm³/mol. The Kier molecular flexibility index (Phi) is 4.09. The molecule has 1 amide bonds. The van der Waals surface area contributed by atoms with Crippen LogP contribution in [0, 0.1) is 5.92 Å². The second kappa shape index (κ2) is 6.30. The van der Waals surface area contributed by atoms with Gasteiger partial charge in [-0.05, 0) is 44.4 Å². The van der Waals surface area contributed by atoms with Gasteiger partial charge in [-0.15, -0.1) is 0 Å². The number of imidazole rings is 1. The second-order valence-corrected chi connectivity index (χ2v) is 7.44. The van der Waals surface area contributed by atoms with Crippen LogP contribution in [0.4, 0.5) is 0 Å². The number of fused-ring (bicyclic) bond motifs is 1. The monoisotopic (exact) mass is 357 g/mol. The fourth-order valence-corrected chi connectivity index (χ4v) is 4.51. The van der Waals surface area contributed by atoms with Crippen molar-refractivity contribution < 1.29 is 14.7 Å². The number of rotatable bonds is 3. The van der Waals surface area contributed by atoms with Crippen LogP contribution in [0.1, 0.15) is 55.4 Å². The van der Waals surface area contributed by atoms with Crippen molar-refractivity contribution in [2.24, 2.45) is 5.92 Å². The van der Waals surface area contributed by atoms with Crippen LogP contribution in [-0.2, 0) is 4.79 Å². The Morgan fingerprint density at radius 1 is 1.19 bits per heavy atom. The number of aromatic amines is 1. The Hall–Kier alpha value is -2.57. The summed E-state index contributed by atoms with van der Waals surface area (Å²) < 4.78 is 1.82. The van der Waals surface area contributed by atoms with Gasteiger partial charge in [0, 0.05) is 24.2 Å². The Morgan fingerprint density at radius 2 is 1.92 bits per heavy atom. The van der Waals surface area contributed by atoms with Crippen molar-refractivity contribution in [1.29, 1.82) is 0 Å². The van der Waals surface area contributed by atoms with Crippen molar-refractivity contribution in [1.82, 2.24) is 14.5 Å². The molecule has 7 nitrogen and oxygen atoms in total. The molecular weight excluding hydrogens is 334 g/mol. The van der Waals surface area contributed by atoms with Crippen molar-refractivity contribution in [3.05, 3.63) is 34.2 Å². The normalized spacial score (nSPS) is 23.8. The maximum atomic E-state index is 12.9. The van der Waals surface area contributed by atoms with E-state index in [1.165, 1.54) is 0 Å². The molecule has 0 bridgehead atoms. The molecule has 7 heteroatoms. The number of H-pyrrole nitrogens is 1. The minimum Gasteiger partial charge on any atom is -0.481 e. The third-order valence-electron chi connectivity index (χ3n) is 5.99. The summed E-state index contributed by atoms with van der Waals surface area (Å²) in [7, 11) is 0. The molecule has 0 spiro atoms. The molecule has 26 heavy (non-hydrogen) atoms. The standard InChI is InChI=1S/C19H23N3O4/c1-11-14(18(24)25)8-9-21(11)17(23)12-6-7-16-15(10-12)20-19(26)22(16)13-4-2-3-5-13/h6-7,10-11,13-14H,2-5,8-9H2,1H3,(H,20,26)(H,24,25). The summed E-state index contributed by atoms with van der Waals surface area (Å²) in [5.41, 5.74) is 1.85. The van der Waals surface area contributed by atoms with Gasteiger partial charge in [-0.2, -0.15) is 0 Å². The van der Waals surface area contributed by atoms with Gasteiger partial charge in [0.05, 0.1) is 17.0 Å². The largest absolute Gasteiger partial charge is 0.481 e. The van der Waals surface area contributed by atoms with Crippen LogP contribution >= 0.6 is 0 Å². The Labute approximate surface area is 150 Å². The highest BCUT2D eigenvalue weighted by Gasteiger charge is 2.38. The van der Waals surface area contributed by atoms with Gasteiger partial charge < -0.3 is 15.0 Å². The molecule has 2 aromatic rings. The molecule has 138 valence electrons. The number of nitrogens with zero attached hydrogens (tertiary/aromatic N) is 2. The highest BCUT2D eigenvalue weighted by molar-refractivity contribution is 5.98. The van der Waals surface area contributed by atoms with Gasteiger partial charge >= 0.3 is 11.7 Å². The summed E-state index contributed by atoms with van der Waals surface area (Å²) >= 11 is 0. The number of nitrogens with one attached hydrogen (secondary N) is 1. The van der Waals surface area contributed by atoms with E-state index in [1.54, 1.807) is 24.0 Å². The smallest absolute Gasteiger partial charge is 0.326 e. The van der Waals surface area contributed by atoms with E-state index < -0.39 is 11.9 Å². The van der Waals surface area contributed by atoms with Gasteiger partial charge in [0.2, 0.25) is 0 Å². The number of carbonyl (C=O) groups excluding carboxylic acids is 1. The summed E-state index contributed by atoms with van der Waals surface area (Å²) in [6, 6.07) is 5.18. The number of benzene rings is 1. The number of hydrogen-bond acceptors (Lipinski definition) is 3. The second-order valence-electron chi connectivity index (χ2n) is 7.44. The number of hydrogen-bond donors (Lipinski definition) is 2. The highest BCUT2D eigenvalue weighted by atomic mass is 16.4. The molecule has 4 rings (SSSR count). The van der Waals surface area contributed by atoms with Crippen LogP contribution in [0.25, 0.3) is 11.0 Å². The first-order valence-corrected chi connectivity index (χ1v) is 9.25. The molecule has 1 aliphatic heterocycles. The first kappa shape index (κ1) is 16.9. The topological polar surface area (TPSA) is 95.4 Å². The van der Waals surface area contributed by atoms with Gasteiger partial charge in [0.15, 0.2) is 0 Å². The van der Waals surface area contributed by atoms with Crippen LogP contribution in [0.3, 0.4) is 0 Å². The van der Waals surface area contributed by atoms with Crippen LogP contribution in [0.5, 0.6) is 0 Å². The lowest BCUT2D eigenvalue weighted by atomic mass is 10.0. The van der Waals surface area contributed by atoms with Crippen LogP contribution in [0.2, 0.25) is 0 Å². The highest BCUT2D eigenvalue weighted by Crippen LogP contribution is 2.31. The molecule has 2 N–H and O–H groups in total. The number of carbonyl (C=O) groups is 2. The lowest BCUT2D eigenvalue weighted by molar-refractivity contribution is -0.142. The SMILES string of the molecule is CC1C(C(=O)O)CCN1C(=O)c1ccc2c(c1)[nH]c(=O)n2C1CCCC1. The molecule has 2 unspecified atom stereocenters. The minimum atomic E-state index is -0.860. The van der Waals surface area contributed by atoms with Crippen molar-refractivity contribution in [3.63, 3.8) is 0 Å². The fourth-order valence-electron chi connectivity index (χ4n) is 4.51. The lowest BCUT2D eigenvalue weighted by Crippen LogP contribution is -2.37. The predicted octanol–water partition coefficient (Wildman–Crippen LogP) is 2.38. The molecule has 1 saturated carbocycles. The third-order valence-corrected chi connectivity index (χ3v) is 5.99. The first-order valence-electron chi connectivity index (χ1n) is 9.25. The van der Waals surface area contributed by atoms with E-state index in [0.717, 1.165) is 31.2 Å². The van der Waals surface area contributed by atoms with E-state index in [1.807, 2.05) is 10.6 Å². The number of aromatic nitrogens is 2. The Balaban J connectivity index is 1.65. The Bertz CT molecular complexity index is 922. The number of likely N-dealkylation sites (tertiary alicyclic amines) is 1. The summed E-state index contributed by atoms with van der Waals surface area (Å²) in [5.74, 6) is -1.57. The maximum Gasteiger partial charge on any atom is 0.326 e. The summed E-state index contributed by atoms with van der Waals surface area (Å²) in [6.45, 7) is 2.22. The molecular formula is C19H23N3O4. The molecule has 1 aromatic heterocycles. The zero-order valence-electron chi connectivity index (χ0n) is 14.8. The lowest BCUT2D eigenvalue weighted by Gasteiger charge is -2.23. The van der Waals surface area contributed by atoms with E-state index in [0.29, 0.717) is 24.0 Å². The molecule has 0 radical (unpaired) electrons. The molecule has 1 aliphatic carbocycles. The molecule has 2 atom stereocenters. The summed E-state index contributed by atoms with van der Waals surface area (Å²) in [4.78, 5) is 41.0. The number of amides is 1. The minimum absolute atomic E-state index is 0.128. The van der Waals surface area contributed by atoms with E-state index in [9.17, 15) is 19.5 Å². The van der Waals surface area contributed by atoms with Gasteiger partial charge in [0.25, 0.3) is 5.91 Å². The Morgan fingerprint density at radius 3 is 2.58 bits per heavy atom. The third kappa shape index (κ3) is 2.62. The van der Waals surface area contributed by atoms with E-state index in [4.69, 9.17) is 0 Å². The van der Waals surface area contributed by atoms with Gasteiger partial charge in [-0.3, -0.25) is 14.2 Å². The average molecular weight is 357 g/mol. The maximum absolute atomic E-state index is 12.9. The zero-order chi connectivity index (χ0) is 18.4. The van der Waals surface area contributed by atoms with Crippen molar-refractivity contribution in [2.75, 3.05) is 6.54 Å². The van der Waals surface area contributed by atoms with E-state index in [-0.39, 0.29) is 23.7 Å². The molecule has 1 aromatic carbocycles. The van der Waals surface area contributed by atoms with Gasteiger partial charge in [-0.25, -0.2) is 4.79 Å². The number of aliphatic carboxylic acids is 1. The molecule has 2 fully saturated rings. The molecule has 1 saturated heterocycles. The molecule has 2 aliphatic rings. The quantitative estimate of drug-likeness (QED) is 0.882. The van der Waals surface area contributed by atoms with Crippen LogP contribution < -0.4 is 5.69 Å². The van der Waals surface area contributed by atoms with Crippen molar-refractivity contribution in [3.8, 4) is 0 Å². The summed E-state index contributed by atoms with van der Waals surface area (Å²) in [6.07, 6.45) is 4.76. The fraction of sp³-hybridized carbons (Fsp3) is 0.526. The van der Waals surface area contributed by atoms with E-state index >= 15 is 0 Å². The summed E-state index contributed by atoms with van der Waals surface area (Å²) in [5, 5.41) is 9.25. The molecule has 2 heterocycles. The average Bonchev–Trinajstić information content (AvgIpc) is 3.31. The van der Waals surface area contributed by atoms with Gasteiger partial charge in [-0.1, -0.05) is 12.8 Å². The van der Waals surface area contributed by atoms with Gasteiger partial charge in [0.1, 0.15) is 0 Å². The first-order chi connectivity index (χ1) is 12.5. The number of carboxylic acid groups (broad SMARTS) is 1. The zero-order valence-corrected chi connectivity index (χ0v) is 14.8.